The molecule has 1 aliphatic carbocycles. The standard InChI is InChI=1S/C19H24N2O3S/c22-25(23)19(11-6-14-20-15-12-13-15)24-18-10-5-4-9-17(18)21(25)16-7-2-1-3-8-16/h1-5,7-10,15,19-20,22-23H,6,11-14H2. The van der Waals surface area contributed by atoms with Crippen molar-refractivity contribution in [1.82, 2.24) is 5.32 Å². The zero-order chi connectivity index (χ0) is 17.3. The van der Waals surface area contributed by atoms with Crippen LogP contribution >= 0.6 is 10.8 Å². The highest BCUT2D eigenvalue weighted by molar-refractivity contribution is 8.26. The molecule has 134 valence electrons. The molecule has 1 unspecified atom stereocenters. The van der Waals surface area contributed by atoms with Crippen molar-refractivity contribution in [2.45, 2.75) is 37.2 Å². The van der Waals surface area contributed by atoms with Crippen LogP contribution in [-0.4, -0.2) is 27.1 Å². The second-order valence-electron chi connectivity index (χ2n) is 6.58. The van der Waals surface area contributed by atoms with E-state index in [0.29, 0.717) is 23.9 Å². The fourth-order valence-corrected chi connectivity index (χ4v) is 4.95. The van der Waals surface area contributed by atoms with Gasteiger partial charge in [0.2, 0.25) is 5.44 Å². The van der Waals surface area contributed by atoms with Crippen molar-refractivity contribution in [2.24, 2.45) is 0 Å². The number of benzene rings is 2. The summed E-state index contributed by atoms with van der Waals surface area (Å²) in [5.41, 5.74) is 0.823. The van der Waals surface area contributed by atoms with Gasteiger partial charge in [0.05, 0.1) is 5.69 Å². The first-order valence-electron chi connectivity index (χ1n) is 8.78. The number of ether oxygens (including phenoxy) is 1. The van der Waals surface area contributed by atoms with Crippen LogP contribution in [0.3, 0.4) is 0 Å². The molecule has 0 bridgehead atoms. The Kier molecular flexibility index (Phi) is 4.60. The molecule has 6 heteroatoms. The van der Waals surface area contributed by atoms with Crippen molar-refractivity contribution in [3.63, 3.8) is 0 Å². The Morgan fingerprint density at radius 3 is 2.52 bits per heavy atom. The summed E-state index contributed by atoms with van der Waals surface area (Å²) in [6.45, 7) is 0.882. The molecule has 1 atom stereocenters. The zero-order valence-electron chi connectivity index (χ0n) is 14.0. The van der Waals surface area contributed by atoms with Crippen molar-refractivity contribution in [1.29, 1.82) is 0 Å². The molecular weight excluding hydrogens is 336 g/mol. The topological polar surface area (TPSA) is 65.0 Å². The molecule has 2 aliphatic rings. The molecule has 1 heterocycles. The molecule has 1 aliphatic heterocycles. The average molecular weight is 360 g/mol. The lowest BCUT2D eigenvalue weighted by Crippen LogP contribution is -2.39. The Morgan fingerprint density at radius 1 is 1.04 bits per heavy atom. The first-order valence-corrected chi connectivity index (χ1v) is 10.3. The molecule has 0 amide bonds. The van der Waals surface area contributed by atoms with E-state index in [0.717, 1.165) is 18.7 Å². The van der Waals surface area contributed by atoms with E-state index in [4.69, 9.17) is 4.74 Å². The van der Waals surface area contributed by atoms with Crippen molar-refractivity contribution in [3.8, 4) is 5.75 Å². The molecule has 0 spiro atoms. The summed E-state index contributed by atoms with van der Waals surface area (Å²) in [7, 11) is -3.13. The molecule has 0 radical (unpaired) electrons. The first-order chi connectivity index (χ1) is 12.2. The van der Waals surface area contributed by atoms with Gasteiger partial charge in [-0.15, -0.1) is 0 Å². The minimum atomic E-state index is -3.13. The van der Waals surface area contributed by atoms with Crippen molar-refractivity contribution in [3.05, 3.63) is 54.6 Å². The van der Waals surface area contributed by atoms with Gasteiger partial charge in [-0.25, -0.2) is 4.31 Å². The van der Waals surface area contributed by atoms with Gasteiger partial charge < -0.3 is 10.1 Å². The normalized spacial score (nSPS) is 22.8. The van der Waals surface area contributed by atoms with Crippen LogP contribution in [0.25, 0.3) is 0 Å². The Labute approximate surface area is 150 Å². The smallest absolute Gasteiger partial charge is 0.206 e. The Balaban J connectivity index is 1.59. The van der Waals surface area contributed by atoms with E-state index in [2.05, 4.69) is 5.32 Å². The third-order valence-corrected chi connectivity index (χ3v) is 6.56. The highest BCUT2D eigenvalue weighted by Gasteiger charge is 2.40. The van der Waals surface area contributed by atoms with Crippen LogP contribution in [0.4, 0.5) is 11.4 Å². The average Bonchev–Trinajstić information content (AvgIpc) is 3.43. The Morgan fingerprint density at radius 2 is 1.76 bits per heavy atom. The van der Waals surface area contributed by atoms with Gasteiger partial charge in [0, 0.05) is 12.5 Å². The number of anilines is 2. The van der Waals surface area contributed by atoms with Gasteiger partial charge in [-0.2, -0.15) is 0 Å². The molecule has 0 saturated heterocycles. The van der Waals surface area contributed by atoms with Crippen molar-refractivity contribution >= 4 is 22.2 Å². The van der Waals surface area contributed by atoms with Gasteiger partial charge in [0.25, 0.3) is 0 Å². The van der Waals surface area contributed by atoms with Crippen LogP contribution in [0.2, 0.25) is 0 Å². The van der Waals surface area contributed by atoms with E-state index in [1.165, 1.54) is 12.8 Å². The summed E-state index contributed by atoms with van der Waals surface area (Å²) in [5, 5.41) is 3.46. The molecule has 1 fully saturated rings. The van der Waals surface area contributed by atoms with Gasteiger partial charge in [0.1, 0.15) is 11.4 Å². The Bertz CT molecular complexity index is 722. The molecule has 0 aromatic heterocycles. The predicted octanol–water partition coefficient (Wildman–Crippen LogP) is 4.74. The van der Waals surface area contributed by atoms with E-state index >= 15 is 0 Å². The summed E-state index contributed by atoms with van der Waals surface area (Å²) < 4.78 is 29.7. The lowest BCUT2D eigenvalue weighted by Gasteiger charge is -2.51. The number of hydrogen-bond acceptors (Lipinski definition) is 5. The van der Waals surface area contributed by atoms with E-state index < -0.39 is 16.2 Å². The van der Waals surface area contributed by atoms with Crippen LogP contribution in [0, 0.1) is 0 Å². The number of rotatable bonds is 6. The van der Waals surface area contributed by atoms with Crippen LogP contribution in [-0.2, 0) is 0 Å². The van der Waals surface area contributed by atoms with Gasteiger partial charge in [-0.3, -0.25) is 9.11 Å². The number of fused-ring (bicyclic) bond motifs is 1. The molecule has 25 heavy (non-hydrogen) atoms. The highest BCUT2D eigenvalue weighted by Crippen LogP contribution is 2.61. The number of nitrogens with zero attached hydrogens (tertiary/aromatic N) is 1. The van der Waals surface area contributed by atoms with Gasteiger partial charge in [-0.1, -0.05) is 41.1 Å². The molecule has 4 rings (SSSR count). The van der Waals surface area contributed by atoms with Gasteiger partial charge in [0.15, 0.2) is 0 Å². The summed E-state index contributed by atoms with van der Waals surface area (Å²) >= 11 is 0. The third-order valence-electron chi connectivity index (χ3n) is 4.58. The summed E-state index contributed by atoms with van der Waals surface area (Å²) in [6.07, 6.45) is 3.95. The lowest BCUT2D eigenvalue weighted by molar-refractivity contribution is 0.235. The summed E-state index contributed by atoms with van der Waals surface area (Å²) in [5.74, 6) is 0.692. The Hall–Kier alpha value is -1.73. The van der Waals surface area contributed by atoms with Gasteiger partial charge in [-0.05, 0) is 50.1 Å². The third kappa shape index (κ3) is 3.48. The monoisotopic (exact) mass is 360 g/mol. The predicted molar refractivity (Wildman–Crippen MR) is 103 cm³/mol. The minimum absolute atomic E-state index is 0.597. The quantitative estimate of drug-likeness (QED) is 0.649. The van der Waals surface area contributed by atoms with Crippen molar-refractivity contribution < 1.29 is 13.8 Å². The van der Waals surface area contributed by atoms with Crippen LogP contribution in [0.5, 0.6) is 5.75 Å². The maximum atomic E-state index is 11.0. The number of nitrogens with one attached hydrogen (secondary N) is 1. The maximum absolute atomic E-state index is 11.0. The van der Waals surface area contributed by atoms with E-state index in [9.17, 15) is 9.11 Å². The fraction of sp³-hybridized carbons (Fsp3) is 0.368. The zero-order valence-corrected chi connectivity index (χ0v) is 14.9. The largest absolute Gasteiger partial charge is 0.467 e. The molecule has 3 N–H and O–H groups in total. The minimum Gasteiger partial charge on any atom is -0.467 e. The SMILES string of the molecule is OS1(O)C(CCCNC2CC2)Oc2ccccc2N1c1ccccc1. The second kappa shape index (κ2) is 6.88. The number of hydrogen-bond donors (Lipinski definition) is 3. The van der Waals surface area contributed by atoms with Crippen molar-refractivity contribution in [2.75, 3.05) is 10.8 Å². The van der Waals surface area contributed by atoms with Crippen LogP contribution < -0.4 is 14.4 Å². The highest BCUT2D eigenvalue weighted by atomic mass is 32.3. The van der Waals surface area contributed by atoms with Crippen LogP contribution in [0.15, 0.2) is 54.6 Å². The summed E-state index contributed by atoms with van der Waals surface area (Å²) in [4.78, 5) is 0. The van der Waals surface area contributed by atoms with Crippen LogP contribution in [0.1, 0.15) is 25.7 Å². The lowest BCUT2D eigenvalue weighted by atomic mass is 10.2. The maximum Gasteiger partial charge on any atom is 0.206 e. The van der Waals surface area contributed by atoms with E-state index in [1.807, 2.05) is 54.6 Å². The van der Waals surface area contributed by atoms with Gasteiger partial charge >= 0.3 is 0 Å². The second-order valence-corrected chi connectivity index (χ2v) is 8.59. The van der Waals surface area contributed by atoms with E-state index in [-0.39, 0.29) is 0 Å². The van der Waals surface area contributed by atoms with E-state index in [1.54, 1.807) is 4.31 Å². The molecular formula is C19H24N2O3S. The molecule has 5 nitrogen and oxygen atoms in total. The molecule has 2 aromatic rings. The molecule has 2 aromatic carbocycles. The number of para-hydroxylation sites is 3. The fourth-order valence-electron chi connectivity index (χ4n) is 3.13. The molecule has 1 saturated carbocycles. The first kappa shape index (κ1) is 16.7. The summed E-state index contributed by atoms with van der Waals surface area (Å²) in [6, 6.07) is 17.7.